The fourth-order valence-corrected chi connectivity index (χ4v) is 2.27. The van der Waals surface area contributed by atoms with Crippen molar-refractivity contribution in [2.75, 3.05) is 25.5 Å². The highest BCUT2D eigenvalue weighted by Crippen LogP contribution is 2.11. The van der Waals surface area contributed by atoms with Crippen LogP contribution in [0.3, 0.4) is 0 Å². The van der Waals surface area contributed by atoms with E-state index in [0.29, 0.717) is 18.4 Å². The van der Waals surface area contributed by atoms with Gasteiger partial charge in [0.05, 0.1) is 0 Å². The average Bonchev–Trinajstić information content (AvgIpc) is 2.32. The molecular weight excluding hydrogens is 216 g/mol. The van der Waals surface area contributed by atoms with Gasteiger partial charge in [0, 0.05) is 31.5 Å². The molecule has 1 unspecified atom stereocenters. The number of hydrogen-bond donors (Lipinski definition) is 1. The van der Waals surface area contributed by atoms with E-state index in [1.54, 1.807) is 17.0 Å². The molecule has 0 spiro atoms. The summed E-state index contributed by atoms with van der Waals surface area (Å²) in [7, 11) is 2.11. The highest BCUT2D eigenvalue weighted by atomic mass is 16.1. The van der Waals surface area contributed by atoms with Crippen molar-refractivity contribution in [1.82, 2.24) is 14.5 Å². The molecule has 1 aromatic heterocycles. The van der Waals surface area contributed by atoms with Crippen molar-refractivity contribution in [2.24, 2.45) is 0 Å². The minimum Gasteiger partial charge on any atom is -0.361 e. The Bertz CT molecular complexity index is 429. The fourth-order valence-electron chi connectivity index (χ4n) is 2.27. The van der Waals surface area contributed by atoms with Crippen LogP contribution in [0, 0.1) is 0 Å². The molecule has 0 aromatic carbocycles. The fraction of sp³-hybridized carbons (Fsp3) is 0.667. The van der Waals surface area contributed by atoms with Crippen LogP contribution in [0.1, 0.15) is 19.8 Å². The second-order valence-electron chi connectivity index (χ2n) is 4.61. The van der Waals surface area contributed by atoms with Crippen LogP contribution in [0.4, 0.5) is 5.82 Å². The molecule has 1 saturated heterocycles. The number of hydrogen-bond acceptors (Lipinski definition) is 4. The third-order valence-electron chi connectivity index (χ3n) is 3.22. The Hall–Kier alpha value is -1.36. The highest BCUT2D eigenvalue weighted by molar-refractivity contribution is 5.32. The van der Waals surface area contributed by atoms with Gasteiger partial charge in [-0.2, -0.15) is 0 Å². The third-order valence-corrected chi connectivity index (χ3v) is 3.22. The van der Waals surface area contributed by atoms with Crippen molar-refractivity contribution < 1.29 is 0 Å². The number of piperidine rings is 1. The number of aryl methyl sites for hydroxylation is 1. The molecule has 1 aliphatic heterocycles. The number of rotatable bonds is 3. The van der Waals surface area contributed by atoms with Gasteiger partial charge in [-0.3, -0.25) is 4.79 Å². The molecule has 0 aliphatic carbocycles. The monoisotopic (exact) mass is 236 g/mol. The van der Waals surface area contributed by atoms with E-state index in [1.165, 1.54) is 6.42 Å². The molecule has 1 aromatic rings. The van der Waals surface area contributed by atoms with E-state index in [4.69, 9.17) is 0 Å². The normalized spacial score (nSPS) is 21.4. The minimum absolute atomic E-state index is 0.0248. The predicted molar refractivity (Wildman–Crippen MR) is 68.3 cm³/mol. The summed E-state index contributed by atoms with van der Waals surface area (Å²) < 4.78 is 1.67. The standard InChI is InChI=1S/C12H20N4O/c1-3-16-8-6-13-11(12(16)17)14-10-5-4-7-15(2)9-10/h6,8,10H,3-5,7,9H2,1-2H3,(H,13,14). The molecule has 5 nitrogen and oxygen atoms in total. The van der Waals surface area contributed by atoms with Crippen LogP contribution in [-0.4, -0.2) is 40.6 Å². The molecule has 0 saturated carbocycles. The Kier molecular flexibility index (Phi) is 3.78. The Balaban J connectivity index is 2.10. The van der Waals surface area contributed by atoms with Gasteiger partial charge in [-0.05, 0) is 33.4 Å². The summed E-state index contributed by atoms with van der Waals surface area (Å²) >= 11 is 0. The van der Waals surface area contributed by atoms with E-state index in [9.17, 15) is 4.79 Å². The highest BCUT2D eigenvalue weighted by Gasteiger charge is 2.18. The maximum atomic E-state index is 12.0. The molecular formula is C12H20N4O. The number of nitrogens with zero attached hydrogens (tertiary/aromatic N) is 3. The molecule has 0 amide bonds. The first-order valence-corrected chi connectivity index (χ1v) is 6.21. The van der Waals surface area contributed by atoms with Gasteiger partial charge in [0.1, 0.15) is 0 Å². The molecule has 2 rings (SSSR count). The number of likely N-dealkylation sites (tertiary alicyclic amines) is 1. The molecule has 1 aliphatic rings. The SMILES string of the molecule is CCn1ccnc(NC2CCCN(C)C2)c1=O. The van der Waals surface area contributed by atoms with Crippen molar-refractivity contribution >= 4 is 5.82 Å². The molecule has 5 heteroatoms. The summed E-state index contributed by atoms with van der Waals surface area (Å²) in [4.78, 5) is 18.4. The second kappa shape index (κ2) is 5.31. The number of nitrogens with one attached hydrogen (secondary N) is 1. The van der Waals surface area contributed by atoms with Gasteiger partial charge in [0.2, 0.25) is 0 Å². The van der Waals surface area contributed by atoms with Crippen LogP contribution in [0.15, 0.2) is 17.2 Å². The lowest BCUT2D eigenvalue weighted by atomic mass is 10.1. The van der Waals surface area contributed by atoms with Crippen molar-refractivity contribution in [1.29, 1.82) is 0 Å². The van der Waals surface area contributed by atoms with Crippen LogP contribution in [0.5, 0.6) is 0 Å². The third kappa shape index (κ3) is 2.85. The lowest BCUT2D eigenvalue weighted by Gasteiger charge is -2.30. The summed E-state index contributed by atoms with van der Waals surface area (Å²) in [6.07, 6.45) is 5.68. The smallest absolute Gasteiger partial charge is 0.293 e. The number of anilines is 1. The Labute approximate surface area is 101 Å². The minimum atomic E-state index is -0.0248. The largest absolute Gasteiger partial charge is 0.361 e. The summed E-state index contributed by atoms with van der Waals surface area (Å²) in [6, 6.07) is 0.335. The Morgan fingerprint density at radius 2 is 2.41 bits per heavy atom. The molecule has 17 heavy (non-hydrogen) atoms. The van der Waals surface area contributed by atoms with Crippen LogP contribution in [-0.2, 0) is 6.54 Å². The van der Waals surface area contributed by atoms with E-state index in [1.807, 2.05) is 6.92 Å². The van der Waals surface area contributed by atoms with Gasteiger partial charge in [-0.25, -0.2) is 4.98 Å². The van der Waals surface area contributed by atoms with E-state index in [-0.39, 0.29) is 5.56 Å². The number of aromatic nitrogens is 2. The Morgan fingerprint density at radius 1 is 1.59 bits per heavy atom. The van der Waals surface area contributed by atoms with Gasteiger partial charge in [-0.1, -0.05) is 0 Å². The summed E-state index contributed by atoms with van der Waals surface area (Å²) in [5, 5.41) is 3.27. The molecule has 1 fully saturated rings. The van der Waals surface area contributed by atoms with E-state index < -0.39 is 0 Å². The van der Waals surface area contributed by atoms with Crippen molar-refractivity contribution in [3.63, 3.8) is 0 Å². The van der Waals surface area contributed by atoms with Gasteiger partial charge >= 0.3 is 0 Å². The zero-order chi connectivity index (χ0) is 12.3. The predicted octanol–water partition coefficient (Wildman–Crippen LogP) is 0.769. The molecule has 0 bridgehead atoms. The molecule has 2 heterocycles. The Morgan fingerprint density at radius 3 is 3.12 bits per heavy atom. The quantitative estimate of drug-likeness (QED) is 0.842. The van der Waals surface area contributed by atoms with Crippen LogP contribution < -0.4 is 10.9 Å². The van der Waals surface area contributed by atoms with Crippen LogP contribution in [0.25, 0.3) is 0 Å². The van der Waals surface area contributed by atoms with E-state index in [0.717, 1.165) is 19.5 Å². The number of likely N-dealkylation sites (N-methyl/N-ethyl adjacent to an activating group) is 1. The summed E-state index contributed by atoms with van der Waals surface area (Å²) in [5.41, 5.74) is -0.0248. The van der Waals surface area contributed by atoms with E-state index >= 15 is 0 Å². The van der Waals surface area contributed by atoms with E-state index in [2.05, 4.69) is 22.2 Å². The average molecular weight is 236 g/mol. The molecule has 94 valence electrons. The summed E-state index contributed by atoms with van der Waals surface area (Å²) in [6.45, 7) is 4.75. The van der Waals surface area contributed by atoms with Crippen molar-refractivity contribution in [3.05, 3.63) is 22.7 Å². The molecule has 0 radical (unpaired) electrons. The maximum absolute atomic E-state index is 12.0. The summed E-state index contributed by atoms with van der Waals surface area (Å²) in [5.74, 6) is 0.481. The lowest BCUT2D eigenvalue weighted by Crippen LogP contribution is -2.41. The first-order chi connectivity index (χ1) is 8.20. The topological polar surface area (TPSA) is 50.2 Å². The molecule has 1 N–H and O–H groups in total. The maximum Gasteiger partial charge on any atom is 0.293 e. The van der Waals surface area contributed by atoms with Gasteiger partial charge < -0.3 is 14.8 Å². The second-order valence-corrected chi connectivity index (χ2v) is 4.61. The van der Waals surface area contributed by atoms with Crippen LogP contribution >= 0.6 is 0 Å². The van der Waals surface area contributed by atoms with Crippen molar-refractivity contribution in [3.8, 4) is 0 Å². The zero-order valence-electron chi connectivity index (χ0n) is 10.5. The zero-order valence-corrected chi connectivity index (χ0v) is 10.5. The van der Waals surface area contributed by atoms with Gasteiger partial charge in [0.15, 0.2) is 5.82 Å². The van der Waals surface area contributed by atoms with Gasteiger partial charge in [-0.15, -0.1) is 0 Å². The lowest BCUT2D eigenvalue weighted by molar-refractivity contribution is 0.260. The first-order valence-electron chi connectivity index (χ1n) is 6.21. The van der Waals surface area contributed by atoms with Gasteiger partial charge in [0.25, 0.3) is 5.56 Å². The van der Waals surface area contributed by atoms with Crippen molar-refractivity contribution in [2.45, 2.75) is 32.4 Å². The first kappa shape index (κ1) is 12.1. The molecule has 1 atom stereocenters. The van der Waals surface area contributed by atoms with Crippen LogP contribution in [0.2, 0.25) is 0 Å².